The topological polar surface area (TPSA) is 77.7 Å². The zero-order chi connectivity index (χ0) is 24.3. The number of benzene rings is 3. The average Bonchev–Trinajstić information content (AvgIpc) is 3.54. The lowest BCUT2D eigenvalue weighted by Gasteiger charge is -2.18. The fraction of sp³-hybridized carbons (Fsp3) is 0.179. The summed E-state index contributed by atoms with van der Waals surface area (Å²) < 4.78 is 2.01. The lowest BCUT2D eigenvalue weighted by molar-refractivity contribution is -0.110. The highest BCUT2D eigenvalue weighted by Gasteiger charge is 2.30. The number of nitrogens with one attached hydrogen (secondary N) is 1. The van der Waals surface area contributed by atoms with E-state index in [2.05, 4.69) is 10.2 Å². The van der Waals surface area contributed by atoms with E-state index in [0.717, 1.165) is 40.7 Å². The van der Waals surface area contributed by atoms with Gasteiger partial charge in [0.2, 0.25) is 0 Å². The number of nitrogens with zero attached hydrogens (tertiary/aromatic N) is 2. The first-order valence-corrected chi connectivity index (χ1v) is 11.9. The molecule has 1 saturated heterocycles. The molecule has 1 atom stereocenters. The van der Waals surface area contributed by atoms with Crippen LogP contribution in [0.3, 0.4) is 0 Å². The summed E-state index contributed by atoms with van der Waals surface area (Å²) in [4.78, 5) is 15.0. The average molecular weight is 486 g/mol. The summed E-state index contributed by atoms with van der Waals surface area (Å²) in [7, 11) is 1.97. The monoisotopic (exact) mass is 485 g/mol. The van der Waals surface area contributed by atoms with Gasteiger partial charge in [-0.2, -0.15) is 0 Å². The highest BCUT2D eigenvalue weighted by atomic mass is 35.5. The summed E-state index contributed by atoms with van der Waals surface area (Å²) in [6, 6.07) is 19.2. The van der Waals surface area contributed by atoms with E-state index in [0.29, 0.717) is 28.4 Å². The third-order valence-electron chi connectivity index (χ3n) is 6.95. The standard InChI is InChI=1S/C28H24ClN3O3/c1-31-10-8-17-12-18(4-7-25(17)31)27(34)26-22-13-21(23(29)14-24(22)30-28(26)35)16-2-5-19(6-3-16)32-11-9-20(33)15-32/h2-8,10,12-14,20,33-34H,9,11,15H2,1H3,(H,30,35)/b27-26+. The van der Waals surface area contributed by atoms with E-state index in [-0.39, 0.29) is 23.3 Å². The first-order valence-electron chi connectivity index (χ1n) is 11.6. The molecule has 0 saturated carbocycles. The Morgan fingerprint density at radius 1 is 1.06 bits per heavy atom. The fourth-order valence-corrected chi connectivity index (χ4v) is 5.32. The number of carbonyl (C=O) groups excluding carboxylic acids is 1. The number of aromatic nitrogens is 1. The zero-order valence-corrected chi connectivity index (χ0v) is 19.9. The van der Waals surface area contributed by atoms with Crippen molar-refractivity contribution in [3.05, 3.63) is 83.0 Å². The van der Waals surface area contributed by atoms with Crippen molar-refractivity contribution in [3.63, 3.8) is 0 Å². The molecule has 0 radical (unpaired) electrons. The fourth-order valence-electron chi connectivity index (χ4n) is 5.05. The van der Waals surface area contributed by atoms with Crippen LogP contribution in [0.15, 0.2) is 66.9 Å². The number of β-amino-alcohol motifs (C(OH)–C–C–N with tert-alkyl or cyclic N) is 1. The van der Waals surface area contributed by atoms with E-state index in [1.807, 2.05) is 72.4 Å². The molecule has 0 aliphatic carbocycles. The van der Waals surface area contributed by atoms with Crippen LogP contribution in [0.5, 0.6) is 0 Å². The molecule has 1 fully saturated rings. The van der Waals surface area contributed by atoms with Gasteiger partial charge in [-0.05, 0) is 60.5 Å². The highest BCUT2D eigenvalue weighted by Crippen LogP contribution is 2.42. The van der Waals surface area contributed by atoms with Crippen molar-refractivity contribution in [3.8, 4) is 11.1 Å². The Morgan fingerprint density at radius 3 is 2.60 bits per heavy atom. The van der Waals surface area contributed by atoms with Gasteiger partial charge in [0.05, 0.1) is 22.4 Å². The molecule has 3 N–H and O–H groups in total. The van der Waals surface area contributed by atoms with Crippen LogP contribution in [0.2, 0.25) is 5.02 Å². The van der Waals surface area contributed by atoms with Crippen LogP contribution < -0.4 is 10.2 Å². The van der Waals surface area contributed by atoms with Gasteiger partial charge in [0, 0.05) is 59.6 Å². The van der Waals surface area contributed by atoms with Crippen LogP contribution in [0.4, 0.5) is 11.4 Å². The smallest absolute Gasteiger partial charge is 0.260 e. The zero-order valence-electron chi connectivity index (χ0n) is 19.1. The van der Waals surface area contributed by atoms with Gasteiger partial charge >= 0.3 is 0 Å². The van der Waals surface area contributed by atoms with Crippen LogP contribution in [0.25, 0.3) is 33.4 Å². The Morgan fingerprint density at radius 2 is 1.86 bits per heavy atom. The second kappa shape index (κ2) is 8.18. The van der Waals surface area contributed by atoms with Crippen LogP contribution in [-0.4, -0.2) is 39.9 Å². The minimum absolute atomic E-state index is 0.0665. The first kappa shape index (κ1) is 21.8. The SMILES string of the molecule is Cn1ccc2cc(/C(O)=C3\C(=O)Nc4cc(Cl)c(-c5ccc(N6CCC(O)C6)cc5)cc43)ccc21. The van der Waals surface area contributed by atoms with Gasteiger partial charge in [0.1, 0.15) is 5.76 Å². The maximum Gasteiger partial charge on any atom is 0.260 e. The Balaban J connectivity index is 1.40. The van der Waals surface area contributed by atoms with Crippen molar-refractivity contribution < 1.29 is 15.0 Å². The van der Waals surface area contributed by atoms with E-state index >= 15 is 0 Å². The van der Waals surface area contributed by atoms with Gasteiger partial charge in [-0.1, -0.05) is 23.7 Å². The number of fused-ring (bicyclic) bond motifs is 2. The van der Waals surface area contributed by atoms with Gasteiger partial charge in [-0.25, -0.2) is 0 Å². The Bertz CT molecular complexity index is 1520. The number of rotatable bonds is 3. The second-order valence-corrected chi connectivity index (χ2v) is 9.60. The molecule has 6 rings (SSSR count). The number of carbonyl (C=O) groups is 1. The molecule has 1 amide bonds. The molecule has 1 unspecified atom stereocenters. The third-order valence-corrected chi connectivity index (χ3v) is 7.27. The number of aryl methyl sites for hydroxylation is 1. The van der Waals surface area contributed by atoms with Gasteiger partial charge in [0.15, 0.2) is 0 Å². The van der Waals surface area contributed by atoms with E-state index in [9.17, 15) is 15.0 Å². The second-order valence-electron chi connectivity index (χ2n) is 9.19. The summed E-state index contributed by atoms with van der Waals surface area (Å²) in [6.07, 6.45) is 2.45. The lowest BCUT2D eigenvalue weighted by Crippen LogP contribution is -2.20. The van der Waals surface area contributed by atoms with Gasteiger partial charge in [-0.15, -0.1) is 0 Å². The number of hydrogen-bond donors (Lipinski definition) is 3. The quantitative estimate of drug-likeness (QED) is 0.266. The van der Waals surface area contributed by atoms with E-state index in [1.165, 1.54) is 0 Å². The molecule has 176 valence electrons. The molecule has 3 heterocycles. The van der Waals surface area contributed by atoms with Gasteiger partial charge < -0.3 is 25.0 Å². The van der Waals surface area contributed by atoms with E-state index in [4.69, 9.17) is 11.6 Å². The number of aliphatic hydroxyl groups excluding tert-OH is 2. The van der Waals surface area contributed by atoms with Crippen molar-refractivity contribution in [2.24, 2.45) is 7.05 Å². The van der Waals surface area contributed by atoms with Crippen molar-refractivity contribution in [1.29, 1.82) is 0 Å². The van der Waals surface area contributed by atoms with Crippen molar-refractivity contribution in [1.82, 2.24) is 4.57 Å². The van der Waals surface area contributed by atoms with Gasteiger partial charge in [-0.3, -0.25) is 4.79 Å². The number of halogens is 1. The molecule has 0 bridgehead atoms. The van der Waals surface area contributed by atoms with Crippen molar-refractivity contribution in [2.75, 3.05) is 23.3 Å². The van der Waals surface area contributed by atoms with Crippen LogP contribution in [0, 0.1) is 0 Å². The van der Waals surface area contributed by atoms with E-state index < -0.39 is 0 Å². The maximum absolute atomic E-state index is 12.9. The van der Waals surface area contributed by atoms with Crippen LogP contribution in [0.1, 0.15) is 17.5 Å². The lowest BCUT2D eigenvalue weighted by atomic mass is 9.96. The summed E-state index contributed by atoms with van der Waals surface area (Å²) in [6.45, 7) is 1.46. The van der Waals surface area contributed by atoms with Crippen LogP contribution in [-0.2, 0) is 11.8 Å². The van der Waals surface area contributed by atoms with E-state index in [1.54, 1.807) is 6.07 Å². The molecular weight excluding hydrogens is 462 g/mol. The largest absolute Gasteiger partial charge is 0.506 e. The predicted octanol–water partition coefficient (Wildman–Crippen LogP) is 5.45. The van der Waals surface area contributed by atoms with Gasteiger partial charge in [0.25, 0.3) is 5.91 Å². The molecule has 2 aliphatic heterocycles. The summed E-state index contributed by atoms with van der Waals surface area (Å²) in [5.74, 6) is -0.426. The summed E-state index contributed by atoms with van der Waals surface area (Å²) in [5, 5.41) is 25.3. The maximum atomic E-state index is 12.9. The number of aliphatic hydroxyl groups is 2. The molecule has 7 heteroatoms. The molecule has 4 aromatic rings. The molecule has 35 heavy (non-hydrogen) atoms. The Kier molecular flexibility index (Phi) is 5.09. The molecule has 0 spiro atoms. The predicted molar refractivity (Wildman–Crippen MR) is 141 cm³/mol. The van der Waals surface area contributed by atoms with Crippen molar-refractivity contribution >= 4 is 51.1 Å². The molecule has 1 aromatic heterocycles. The number of anilines is 2. The summed E-state index contributed by atoms with van der Waals surface area (Å²) >= 11 is 6.61. The van der Waals surface area contributed by atoms with Crippen LogP contribution >= 0.6 is 11.6 Å². The highest BCUT2D eigenvalue weighted by molar-refractivity contribution is 6.38. The molecule has 3 aromatic carbocycles. The first-order chi connectivity index (χ1) is 16.9. The normalized spacial score (nSPS) is 18.8. The summed E-state index contributed by atoms with van der Waals surface area (Å²) in [5.41, 5.74) is 5.79. The minimum Gasteiger partial charge on any atom is -0.506 e. The Hall–Kier alpha value is -3.74. The molecule has 6 nitrogen and oxygen atoms in total. The minimum atomic E-state index is -0.359. The van der Waals surface area contributed by atoms with Crippen molar-refractivity contribution in [2.45, 2.75) is 12.5 Å². The molecule has 2 aliphatic rings. The Labute approximate surface area is 207 Å². The number of hydrogen-bond acceptors (Lipinski definition) is 4. The number of amides is 1. The third kappa shape index (κ3) is 3.66. The molecular formula is C28H24ClN3O3.